The fourth-order valence-electron chi connectivity index (χ4n) is 2.02. The Bertz CT molecular complexity index is 643. The third kappa shape index (κ3) is 2.59. The molecule has 3 rings (SSSR count). The molecule has 2 aromatic carbocycles. The van der Waals surface area contributed by atoms with Gasteiger partial charge in [0, 0.05) is 16.6 Å². The minimum atomic E-state index is -0.0241. The van der Waals surface area contributed by atoms with E-state index in [0.717, 1.165) is 21.5 Å². The van der Waals surface area contributed by atoms with Crippen molar-refractivity contribution in [2.24, 2.45) is 5.73 Å². The van der Waals surface area contributed by atoms with Crippen molar-refractivity contribution in [3.05, 3.63) is 46.4 Å². The van der Waals surface area contributed by atoms with Crippen LogP contribution in [0.4, 0.5) is 0 Å². The smallest absolute Gasteiger partial charge is 0.231 e. The van der Waals surface area contributed by atoms with E-state index in [1.165, 1.54) is 0 Å². The second kappa shape index (κ2) is 5.34. The Labute approximate surface area is 125 Å². The van der Waals surface area contributed by atoms with E-state index in [1.807, 2.05) is 43.3 Å². The molecule has 0 fully saturated rings. The highest BCUT2D eigenvalue weighted by molar-refractivity contribution is 9.10. The van der Waals surface area contributed by atoms with Gasteiger partial charge in [-0.3, -0.25) is 0 Å². The van der Waals surface area contributed by atoms with Crippen LogP contribution < -0.4 is 19.9 Å². The number of rotatable bonds is 3. The summed E-state index contributed by atoms with van der Waals surface area (Å²) in [5, 5.41) is 0. The van der Waals surface area contributed by atoms with Crippen molar-refractivity contribution < 1.29 is 14.2 Å². The standard InChI is InChI=1S/C15H14BrNO3/c1-9(17)12-4-2-10(6-13(12)16)20-11-3-5-14-15(7-11)19-8-18-14/h2-7,9H,8,17H2,1H3/t9-/m1/s1. The molecule has 1 heterocycles. The van der Waals surface area contributed by atoms with E-state index in [9.17, 15) is 0 Å². The topological polar surface area (TPSA) is 53.7 Å². The van der Waals surface area contributed by atoms with E-state index in [-0.39, 0.29) is 12.8 Å². The maximum atomic E-state index is 5.88. The highest BCUT2D eigenvalue weighted by Gasteiger charge is 2.14. The lowest BCUT2D eigenvalue weighted by atomic mass is 10.1. The first-order chi connectivity index (χ1) is 9.63. The van der Waals surface area contributed by atoms with Crippen LogP contribution in [-0.4, -0.2) is 6.79 Å². The molecule has 104 valence electrons. The zero-order valence-corrected chi connectivity index (χ0v) is 12.5. The van der Waals surface area contributed by atoms with Crippen LogP contribution in [0.25, 0.3) is 0 Å². The van der Waals surface area contributed by atoms with Crippen molar-refractivity contribution in [1.82, 2.24) is 0 Å². The van der Waals surface area contributed by atoms with Gasteiger partial charge in [0.25, 0.3) is 0 Å². The Hall–Kier alpha value is -1.72. The molecule has 0 unspecified atom stereocenters. The summed E-state index contributed by atoms with van der Waals surface area (Å²) < 4.78 is 17.3. The summed E-state index contributed by atoms with van der Waals surface area (Å²) in [6, 6.07) is 11.2. The van der Waals surface area contributed by atoms with Crippen LogP contribution in [0.3, 0.4) is 0 Å². The number of nitrogens with two attached hydrogens (primary N) is 1. The largest absolute Gasteiger partial charge is 0.457 e. The lowest BCUT2D eigenvalue weighted by molar-refractivity contribution is 0.174. The van der Waals surface area contributed by atoms with Gasteiger partial charge in [-0.25, -0.2) is 0 Å². The van der Waals surface area contributed by atoms with Gasteiger partial charge in [0.1, 0.15) is 11.5 Å². The minimum absolute atomic E-state index is 0.0241. The van der Waals surface area contributed by atoms with E-state index >= 15 is 0 Å². The summed E-state index contributed by atoms with van der Waals surface area (Å²) in [6.07, 6.45) is 0. The van der Waals surface area contributed by atoms with E-state index in [2.05, 4.69) is 15.9 Å². The number of hydrogen-bond acceptors (Lipinski definition) is 4. The number of hydrogen-bond donors (Lipinski definition) is 1. The van der Waals surface area contributed by atoms with Gasteiger partial charge in [-0.2, -0.15) is 0 Å². The Balaban J connectivity index is 1.83. The maximum absolute atomic E-state index is 5.88. The monoisotopic (exact) mass is 335 g/mol. The molecule has 0 radical (unpaired) electrons. The second-order valence-corrected chi connectivity index (χ2v) is 5.44. The van der Waals surface area contributed by atoms with Crippen molar-refractivity contribution in [3.8, 4) is 23.0 Å². The third-order valence-corrected chi connectivity index (χ3v) is 3.73. The fraction of sp³-hybridized carbons (Fsp3) is 0.200. The van der Waals surface area contributed by atoms with Crippen LogP contribution in [0.15, 0.2) is 40.9 Å². The summed E-state index contributed by atoms with van der Waals surface area (Å²) in [5.41, 5.74) is 6.92. The molecule has 1 aliphatic rings. The van der Waals surface area contributed by atoms with Gasteiger partial charge in [0.2, 0.25) is 6.79 Å². The van der Waals surface area contributed by atoms with Gasteiger partial charge in [-0.1, -0.05) is 22.0 Å². The summed E-state index contributed by atoms with van der Waals surface area (Å²) in [6.45, 7) is 2.20. The number of halogens is 1. The Kier molecular flexibility index (Phi) is 3.54. The van der Waals surface area contributed by atoms with Crippen LogP contribution in [0.2, 0.25) is 0 Å². The van der Waals surface area contributed by atoms with Crippen molar-refractivity contribution >= 4 is 15.9 Å². The normalized spacial score (nSPS) is 14.2. The zero-order valence-electron chi connectivity index (χ0n) is 10.9. The van der Waals surface area contributed by atoms with Gasteiger partial charge >= 0.3 is 0 Å². The molecule has 0 amide bonds. The van der Waals surface area contributed by atoms with Crippen LogP contribution >= 0.6 is 15.9 Å². The molecule has 5 heteroatoms. The third-order valence-electron chi connectivity index (χ3n) is 3.04. The summed E-state index contributed by atoms with van der Waals surface area (Å²) in [4.78, 5) is 0. The summed E-state index contributed by atoms with van der Waals surface area (Å²) >= 11 is 3.51. The number of fused-ring (bicyclic) bond motifs is 1. The first-order valence-corrected chi connectivity index (χ1v) is 7.05. The highest BCUT2D eigenvalue weighted by Crippen LogP contribution is 2.37. The molecule has 4 nitrogen and oxygen atoms in total. The first-order valence-electron chi connectivity index (χ1n) is 6.26. The summed E-state index contributed by atoms with van der Waals surface area (Å²) in [5.74, 6) is 2.88. The quantitative estimate of drug-likeness (QED) is 0.921. The molecule has 0 aromatic heterocycles. The van der Waals surface area contributed by atoms with Crippen LogP contribution in [0.5, 0.6) is 23.0 Å². The molecule has 0 bridgehead atoms. The van der Waals surface area contributed by atoms with Crippen molar-refractivity contribution in [2.75, 3.05) is 6.79 Å². The zero-order chi connectivity index (χ0) is 14.1. The SMILES string of the molecule is C[C@@H](N)c1ccc(Oc2ccc3c(c2)OCO3)cc1Br. The van der Waals surface area contributed by atoms with E-state index in [1.54, 1.807) is 0 Å². The first kappa shape index (κ1) is 13.3. The molecule has 20 heavy (non-hydrogen) atoms. The second-order valence-electron chi connectivity index (χ2n) is 4.59. The minimum Gasteiger partial charge on any atom is -0.457 e. The fourth-order valence-corrected chi connectivity index (χ4v) is 2.74. The molecule has 1 atom stereocenters. The Morgan fingerprint density at radius 3 is 2.55 bits per heavy atom. The molecule has 2 N–H and O–H groups in total. The number of benzene rings is 2. The van der Waals surface area contributed by atoms with Gasteiger partial charge < -0.3 is 19.9 Å². The predicted molar refractivity (Wildman–Crippen MR) is 79.4 cm³/mol. The molecule has 2 aromatic rings. The molecule has 0 aliphatic carbocycles. The molecule has 0 spiro atoms. The van der Waals surface area contributed by atoms with Gasteiger partial charge in [-0.05, 0) is 36.8 Å². The Morgan fingerprint density at radius 1 is 1.10 bits per heavy atom. The Morgan fingerprint density at radius 2 is 1.80 bits per heavy atom. The van der Waals surface area contributed by atoms with Gasteiger partial charge in [0.15, 0.2) is 11.5 Å². The van der Waals surface area contributed by atoms with Crippen LogP contribution in [0, 0.1) is 0 Å². The van der Waals surface area contributed by atoms with Crippen molar-refractivity contribution in [2.45, 2.75) is 13.0 Å². The lowest BCUT2D eigenvalue weighted by Gasteiger charge is -2.11. The average Bonchev–Trinajstić information content (AvgIpc) is 2.85. The predicted octanol–water partition coefficient (Wildman–Crippen LogP) is 3.99. The van der Waals surface area contributed by atoms with Gasteiger partial charge in [0.05, 0.1) is 0 Å². The van der Waals surface area contributed by atoms with Gasteiger partial charge in [-0.15, -0.1) is 0 Å². The highest BCUT2D eigenvalue weighted by atomic mass is 79.9. The van der Waals surface area contributed by atoms with Crippen molar-refractivity contribution in [3.63, 3.8) is 0 Å². The van der Waals surface area contributed by atoms with Crippen LogP contribution in [-0.2, 0) is 0 Å². The molecule has 0 saturated carbocycles. The molecular weight excluding hydrogens is 322 g/mol. The maximum Gasteiger partial charge on any atom is 0.231 e. The average molecular weight is 336 g/mol. The van der Waals surface area contributed by atoms with E-state index in [0.29, 0.717) is 11.5 Å². The van der Waals surface area contributed by atoms with E-state index in [4.69, 9.17) is 19.9 Å². The molecule has 1 aliphatic heterocycles. The molecule has 0 saturated heterocycles. The van der Waals surface area contributed by atoms with Crippen molar-refractivity contribution in [1.29, 1.82) is 0 Å². The van der Waals surface area contributed by atoms with Crippen LogP contribution in [0.1, 0.15) is 18.5 Å². The number of ether oxygens (including phenoxy) is 3. The van der Waals surface area contributed by atoms with E-state index < -0.39 is 0 Å². The lowest BCUT2D eigenvalue weighted by Crippen LogP contribution is -2.05. The summed E-state index contributed by atoms with van der Waals surface area (Å²) in [7, 11) is 0. The molecular formula is C15H14BrNO3.